The minimum Gasteiger partial charge on any atom is -0.497 e. The first kappa shape index (κ1) is 20.5. The van der Waals surface area contributed by atoms with Gasteiger partial charge in [0.1, 0.15) is 12.4 Å². The van der Waals surface area contributed by atoms with Crippen molar-refractivity contribution < 1.29 is 19.1 Å². The molecule has 1 amide bonds. The van der Waals surface area contributed by atoms with Crippen LogP contribution in [0.2, 0.25) is 0 Å². The van der Waals surface area contributed by atoms with Gasteiger partial charge in [-0.2, -0.15) is 0 Å². The van der Waals surface area contributed by atoms with E-state index < -0.39 is 5.97 Å². The summed E-state index contributed by atoms with van der Waals surface area (Å²) in [6, 6.07) is 23.8. The van der Waals surface area contributed by atoms with Crippen LogP contribution in [-0.4, -0.2) is 24.7 Å². The quantitative estimate of drug-likeness (QED) is 0.430. The molecule has 0 aliphatic heterocycles. The molecule has 0 aliphatic carbocycles. The summed E-state index contributed by atoms with van der Waals surface area (Å²) in [6.07, 6.45) is 0. The van der Waals surface area contributed by atoms with Crippen LogP contribution in [0.4, 0.5) is 5.69 Å². The molecule has 0 spiro atoms. The van der Waals surface area contributed by atoms with Gasteiger partial charge in [0.25, 0.3) is 0 Å². The Bertz CT molecular complexity index is 975. The van der Waals surface area contributed by atoms with Gasteiger partial charge >= 0.3 is 5.97 Å². The van der Waals surface area contributed by atoms with E-state index in [0.29, 0.717) is 21.9 Å². The summed E-state index contributed by atoms with van der Waals surface area (Å²) in [5, 5.41) is 2.83. The SMILES string of the molecule is COc1cccc(NC(=O)CSc2ccccc2C(=O)OCc2ccccc2)c1. The number of carbonyl (C=O) groups is 2. The molecular weight excluding hydrogens is 386 g/mol. The Morgan fingerprint density at radius 3 is 2.48 bits per heavy atom. The van der Waals surface area contributed by atoms with Gasteiger partial charge in [0.15, 0.2) is 0 Å². The van der Waals surface area contributed by atoms with E-state index in [1.54, 1.807) is 37.4 Å². The first-order valence-electron chi connectivity index (χ1n) is 9.02. The van der Waals surface area contributed by atoms with Crippen molar-refractivity contribution in [3.63, 3.8) is 0 Å². The Kier molecular flexibility index (Phi) is 7.30. The molecule has 0 unspecified atom stereocenters. The molecule has 0 bridgehead atoms. The van der Waals surface area contributed by atoms with Crippen molar-refractivity contribution in [3.05, 3.63) is 90.0 Å². The van der Waals surface area contributed by atoms with E-state index in [-0.39, 0.29) is 18.3 Å². The third-order valence-electron chi connectivity index (χ3n) is 4.03. The maximum absolute atomic E-state index is 12.5. The lowest BCUT2D eigenvalue weighted by molar-refractivity contribution is -0.113. The predicted octanol–water partition coefficient (Wildman–Crippen LogP) is 4.78. The first-order chi connectivity index (χ1) is 14.2. The second-order valence-corrected chi connectivity index (χ2v) is 7.14. The van der Waals surface area contributed by atoms with Gasteiger partial charge in [-0.25, -0.2) is 4.79 Å². The smallest absolute Gasteiger partial charge is 0.339 e. The Morgan fingerprint density at radius 1 is 0.931 bits per heavy atom. The molecule has 1 N–H and O–H groups in total. The molecule has 0 aromatic heterocycles. The van der Waals surface area contributed by atoms with Crippen molar-refractivity contribution in [3.8, 4) is 5.75 Å². The van der Waals surface area contributed by atoms with Crippen LogP contribution in [-0.2, 0) is 16.1 Å². The summed E-state index contributed by atoms with van der Waals surface area (Å²) in [4.78, 5) is 25.5. The van der Waals surface area contributed by atoms with Crippen LogP contribution in [0.5, 0.6) is 5.75 Å². The predicted molar refractivity (Wildman–Crippen MR) is 114 cm³/mol. The molecular formula is C23H21NO4S. The van der Waals surface area contributed by atoms with E-state index in [1.807, 2.05) is 48.5 Å². The molecule has 0 saturated heterocycles. The zero-order valence-corrected chi connectivity index (χ0v) is 16.8. The van der Waals surface area contributed by atoms with Crippen LogP contribution in [0, 0.1) is 0 Å². The topological polar surface area (TPSA) is 64.6 Å². The van der Waals surface area contributed by atoms with Crippen LogP contribution in [0.15, 0.2) is 83.8 Å². The number of methoxy groups -OCH3 is 1. The lowest BCUT2D eigenvalue weighted by Gasteiger charge is -2.10. The second kappa shape index (κ2) is 10.3. The normalized spacial score (nSPS) is 10.2. The molecule has 5 nitrogen and oxygen atoms in total. The van der Waals surface area contributed by atoms with Gasteiger partial charge in [-0.1, -0.05) is 48.5 Å². The fraction of sp³-hybridized carbons (Fsp3) is 0.130. The van der Waals surface area contributed by atoms with Crippen LogP contribution >= 0.6 is 11.8 Å². The van der Waals surface area contributed by atoms with Crippen molar-refractivity contribution >= 4 is 29.3 Å². The van der Waals surface area contributed by atoms with Gasteiger partial charge in [0, 0.05) is 16.6 Å². The standard InChI is InChI=1S/C23H21NO4S/c1-27-19-11-7-10-18(14-19)24-22(25)16-29-21-13-6-5-12-20(21)23(26)28-15-17-8-3-2-4-9-17/h2-14H,15-16H2,1H3,(H,24,25). The van der Waals surface area contributed by atoms with Crippen molar-refractivity contribution in [2.24, 2.45) is 0 Å². The number of rotatable bonds is 8. The molecule has 0 saturated carbocycles. The first-order valence-corrected chi connectivity index (χ1v) is 10.0. The molecule has 3 rings (SSSR count). The maximum Gasteiger partial charge on any atom is 0.339 e. The van der Waals surface area contributed by atoms with Gasteiger partial charge in [0.2, 0.25) is 5.91 Å². The fourth-order valence-electron chi connectivity index (χ4n) is 2.60. The third kappa shape index (κ3) is 6.12. The number of benzene rings is 3. The number of anilines is 1. The zero-order chi connectivity index (χ0) is 20.5. The molecule has 0 fully saturated rings. The molecule has 3 aromatic carbocycles. The van der Waals surface area contributed by atoms with E-state index in [4.69, 9.17) is 9.47 Å². The molecule has 0 aliphatic rings. The number of hydrogen-bond donors (Lipinski definition) is 1. The Balaban J connectivity index is 1.58. The number of nitrogens with one attached hydrogen (secondary N) is 1. The summed E-state index contributed by atoms with van der Waals surface area (Å²) in [5.41, 5.74) is 2.02. The molecule has 148 valence electrons. The molecule has 0 radical (unpaired) electrons. The maximum atomic E-state index is 12.5. The van der Waals surface area contributed by atoms with Gasteiger partial charge in [-0.15, -0.1) is 11.8 Å². The van der Waals surface area contributed by atoms with Crippen molar-refractivity contribution in [2.75, 3.05) is 18.2 Å². The number of hydrogen-bond acceptors (Lipinski definition) is 5. The molecule has 0 atom stereocenters. The lowest BCUT2D eigenvalue weighted by atomic mass is 10.2. The van der Waals surface area contributed by atoms with Gasteiger partial charge in [0.05, 0.1) is 18.4 Å². The highest BCUT2D eigenvalue weighted by atomic mass is 32.2. The highest BCUT2D eigenvalue weighted by molar-refractivity contribution is 8.00. The average molecular weight is 407 g/mol. The Hall–Kier alpha value is -3.25. The summed E-state index contributed by atoms with van der Waals surface area (Å²) < 4.78 is 10.6. The zero-order valence-electron chi connectivity index (χ0n) is 16.0. The van der Waals surface area contributed by atoms with E-state index in [0.717, 1.165) is 5.56 Å². The number of thioether (sulfide) groups is 1. The minimum atomic E-state index is -0.412. The summed E-state index contributed by atoms with van der Waals surface area (Å²) in [6.45, 7) is 0.203. The largest absolute Gasteiger partial charge is 0.497 e. The third-order valence-corrected chi connectivity index (χ3v) is 5.11. The lowest BCUT2D eigenvalue weighted by Crippen LogP contribution is -2.14. The highest BCUT2D eigenvalue weighted by Crippen LogP contribution is 2.24. The van der Waals surface area contributed by atoms with Gasteiger partial charge < -0.3 is 14.8 Å². The number of ether oxygens (including phenoxy) is 2. The highest BCUT2D eigenvalue weighted by Gasteiger charge is 2.14. The van der Waals surface area contributed by atoms with Crippen molar-refractivity contribution in [2.45, 2.75) is 11.5 Å². The van der Waals surface area contributed by atoms with Crippen LogP contribution < -0.4 is 10.1 Å². The van der Waals surface area contributed by atoms with Crippen molar-refractivity contribution in [1.82, 2.24) is 0 Å². The Morgan fingerprint density at radius 2 is 1.69 bits per heavy atom. The van der Waals surface area contributed by atoms with Gasteiger partial charge in [-0.05, 0) is 29.8 Å². The minimum absolute atomic E-state index is 0.167. The van der Waals surface area contributed by atoms with Gasteiger partial charge in [-0.3, -0.25) is 4.79 Å². The van der Waals surface area contributed by atoms with Crippen LogP contribution in [0.25, 0.3) is 0 Å². The fourth-order valence-corrected chi connectivity index (χ4v) is 3.44. The average Bonchev–Trinajstić information content (AvgIpc) is 2.77. The van der Waals surface area contributed by atoms with E-state index in [1.165, 1.54) is 11.8 Å². The molecule has 0 heterocycles. The second-order valence-electron chi connectivity index (χ2n) is 6.13. The van der Waals surface area contributed by atoms with Crippen LogP contribution in [0.1, 0.15) is 15.9 Å². The molecule has 3 aromatic rings. The Labute approximate surface area is 174 Å². The molecule has 6 heteroatoms. The van der Waals surface area contributed by atoms with Crippen LogP contribution in [0.3, 0.4) is 0 Å². The molecule has 29 heavy (non-hydrogen) atoms. The summed E-state index contributed by atoms with van der Waals surface area (Å²) >= 11 is 1.29. The van der Waals surface area contributed by atoms with E-state index >= 15 is 0 Å². The summed E-state index contributed by atoms with van der Waals surface area (Å²) in [5.74, 6) is 0.253. The van der Waals surface area contributed by atoms with E-state index in [9.17, 15) is 9.59 Å². The number of esters is 1. The monoisotopic (exact) mass is 407 g/mol. The number of amides is 1. The van der Waals surface area contributed by atoms with Crippen molar-refractivity contribution in [1.29, 1.82) is 0 Å². The number of carbonyl (C=O) groups excluding carboxylic acids is 2. The van der Waals surface area contributed by atoms with E-state index in [2.05, 4.69) is 5.32 Å². The summed E-state index contributed by atoms with van der Waals surface area (Å²) in [7, 11) is 1.57.